The number of hydrogen-bond donors (Lipinski definition) is 1. The molecule has 1 N–H and O–H groups in total. The van der Waals surface area contributed by atoms with E-state index >= 15 is 0 Å². The number of aliphatic hydroxyl groups is 1. The monoisotopic (exact) mass is 385 g/mol. The highest BCUT2D eigenvalue weighted by Gasteiger charge is 2.18. The van der Waals surface area contributed by atoms with E-state index in [2.05, 4.69) is 5.10 Å². The predicted molar refractivity (Wildman–Crippen MR) is 96.2 cm³/mol. The Balaban J connectivity index is 1.84. The van der Waals surface area contributed by atoms with E-state index in [0.717, 1.165) is 18.2 Å². The summed E-state index contributed by atoms with van der Waals surface area (Å²) < 4.78 is 42.6. The van der Waals surface area contributed by atoms with Gasteiger partial charge in [0.05, 0.1) is 18.8 Å². The number of aliphatic hydroxyl groups excluding tert-OH is 1. The highest BCUT2D eigenvalue weighted by molar-refractivity contribution is 5.72. The minimum Gasteiger partial charge on any atom is -0.392 e. The van der Waals surface area contributed by atoms with Crippen molar-refractivity contribution in [3.8, 4) is 11.3 Å². The van der Waals surface area contributed by atoms with E-state index in [4.69, 9.17) is 0 Å². The van der Waals surface area contributed by atoms with Gasteiger partial charge in [-0.05, 0) is 42.0 Å². The summed E-state index contributed by atoms with van der Waals surface area (Å²) in [6.07, 6.45) is 2.96. The second kappa shape index (κ2) is 6.97. The van der Waals surface area contributed by atoms with Gasteiger partial charge in [0.25, 0.3) is 5.56 Å². The van der Waals surface area contributed by atoms with Crippen LogP contribution in [-0.4, -0.2) is 19.3 Å². The lowest BCUT2D eigenvalue weighted by Crippen LogP contribution is -2.22. The van der Waals surface area contributed by atoms with Crippen molar-refractivity contribution in [1.29, 1.82) is 0 Å². The van der Waals surface area contributed by atoms with E-state index in [0.29, 0.717) is 11.3 Å². The van der Waals surface area contributed by atoms with Crippen LogP contribution in [0.25, 0.3) is 16.8 Å². The molecular weight excluding hydrogens is 371 g/mol. The molecule has 5 nitrogen and oxygen atoms in total. The molecule has 28 heavy (non-hydrogen) atoms. The maximum atomic E-state index is 13.4. The number of rotatable bonds is 4. The predicted octanol–water partition coefficient (Wildman–Crippen LogP) is 3.12. The third-order valence-electron chi connectivity index (χ3n) is 4.41. The van der Waals surface area contributed by atoms with Crippen LogP contribution >= 0.6 is 0 Å². The molecule has 0 aliphatic rings. The van der Waals surface area contributed by atoms with Crippen LogP contribution in [0.4, 0.5) is 13.2 Å². The number of halogens is 3. The van der Waals surface area contributed by atoms with Gasteiger partial charge in [0, 0.05) is 29.6 Å². The van der Waals surface area contributed by atoms with Crippen molar-refractivity contribution >= 4 is 5.52 Å². The minimum atomic E-state index is -0.733. The van der Waals surface area contributed by atoms with Gasteiger partial charge in [0.1, 0.15) is 23.0 Å². The van der Waals surface area contributed by atoms with Gasteiger partial charge in [0.2, 0.25) is 0 Å². The van der Waals surface area contributed by atoms with E-state index in [-0.39, 0.29) is 23.2 Å². The first-order valence-corrected chi connectivity index (χ1v) is 8.38. The highest BCUT2D eigenvalue weighted by Crippen LogP contribution is 2.25. The molecule has 0 spiro atoms. The topological polar surface area (TPSA) is 59.5 Å². The summed E-state index contributed by atoms with van der Waals surface area (Å²) in [7, 11) is 0. The molecule has 8 heteroatoms. The van der Waals surface area contributed by atoms with Gasteiger partial charge in [-0.15, -0.1) is 0 Å². The van der Waals surface area contributed by atoms with Crippen LogP contribution in [0.2, 0.25) is 0 Å². The molecular formula is C20H14F3N3O2. The van der Waals surface area contributed by atoms with Crippen LogP contribution < -0.4 is 5.56 Å². The van der Waals surface area contributed by atoms with E-state index in [1.54, 1.807) is 0 Å². The van der Waals surface area contributed by atoms with E-state index in [1.165, 1.54) is 45.7 Å². The smallest absolute Gasteiger partial charge is 0.277 e. The molecule has 2 heterocycles. The fraction of sp³-hybridized carbons (Fsp3) is 0.100. The molecule has 4 rings (SSSR count). The molecule has 0 aliphatic carbocycles. The molecule has 0 bridgehead atoms. The Morgan fingerprint density at radius 2 is 1.61 bits per heavy atom. The molecule has 2 aromatic heterocycles. The SMILES string of the molecule is O=c1c2c(CO)c(-c3ccc(F)cc3)nn2ccn1Cc1cc(F)cc(F)c1. The summed E-state index contributed by atoms with van der Waals surface area (Å²) in [6.45, 7) is -0.504. The van der Waals surface area contributed by atoms with Gasteiger partial charge < -0.3 is 9.67 Å². The van der Waals surface area contributed by atoms with Gasteiger partial charge >= 0.3 is 0 Å². The van der Waals surface area contributed by atoms with Gasteiger partial charge in [-0.3, -0.25) is 4.79 Å². The lowest BCUT2D eigenvalue weighted by atomic mass is 10.1. The van der Waals surface area contributed by atoms with Gasteiger partial charge in [-0.25, -0.2) is 17.7 Å². The fourth-order valence-electron chi connectivity index (χ4n) is 3.16. The number of nitrogens with zero attached hydrogens (tertiary/aromatic N) is 3. The first-order valence-electron chi connectivity index (χ1n) is 8.38. The summed E-state index contributed by atoms with van der Waals surface area (Å²) in [5.41, 5.74) is 1.14. The van der Waals surface area contributed by atoms with Crippen LogP contribution in [0.1, 0.15) is 11.1 Å². The van der Waals surface area contributed by atoms with Crippen molar-refractivity contribution in [2.24, 2.45) is 0 Å². The maximum Gasteiger partial charge on any atom is 0.277 e. The Morgan fingerprint density at radius 3 is 2.25 bits per heavy atom. The zero-order chi connectivity index (χ0) is 19.8. The standard InChI is InChI=1S/C20H14F3N3O2/c21-14-3-1-13(2-4-14)18-17(11-27)19-20(28)25(5-6-26(19)24-18)10-12-7-15(22)9-16(23)8-12/h1-9,27H,10-11H2. The number of hydrogen-bond acceptors (Lipinski definition) is 3. The molecule has 0 fully saturated rings. The molecule has 142 valence electrons. The third-order valence-corrected chi connectivity index (χ3v) is 4.41. The molecule has 0 radical (unpaired) electrons. The number of fused-ring (bicyclic) bond motifs is 1. The van der Waals surface area contributed by atoms with Gasteiger partial charge in [-0.2, -0.15) is 5.10 Å². The van der Waals surface area contributed by atoms with E-state index in [9.17, 15) is 23.1 Å². The molecule has 4 aromatic rings. The quantitative estimate of drug-likeness (QED) is 0.587. The maximum absolute atomic E-state index is 13.4. The Hall–Kier alpha value is -3.39. The van der Waals surface area contributed by atoms with E-state index in [1.807, 2.05) is 0 Å². The Morgan fingerprint density at radius 1 is 0.929 bits per heavy atom. The van der Waals surface area contributed by atoms with Gasteiger partial charge in [-0.1, -0.05) is 0 Å². The van der Waals surface area contributed by atoms with Crippen molar-refractivity contribution in [2.45, 2.75) is 13.2 Å². The van der Waals surface area contributed by atoms with Crippen LogP contribution in [0.5, 0.6) is 0 Å². The molecule has 0 atom stereocenters. The lowest BCUT2D eigenvalue weighted by Gasteiger charge is -2.07. The Bertz CT molecular complexity index is 1210. The summed E-state index contributed by atoms with van der Waals surface area (Å²) in [6, 6.07) is 8.58. The van der Waals surface area contributed by atoms with Gasteiger partial charge in [0.15, 0.2) is 0 Å². The molecule has 0 aliphatic heterocycles. The second-order valence-electron chi connectivity index (χ2n) is 6.29. The van der Waals surface area contributed by atoms with Crippen molar-refractivity contribution < 1.29 is 18.3 Å². The molecule has 0 unspecified atom stereocenters. The van der Waals surface area contributed by atoms with Crippen molar-refractivity contribution in [3.63, 3.8) is 0 Å². The van der Waals surface area contributed by atoms with Crippen molar-refractivity contribution in [3.05, 3.63) is 93.8 Å². The van der Waals surface area contributed by atoms with E-state index < -0.39 is 29.6 Å². The highest BCUT2D eigenvalue weighted by atomic mass is 19.1. The third kappa shape index (κ3) is 3.18. The summed E-state index contributed by atoms with van der Waals surface area (Å²) in [4.78, 5) is 12.9. The fourth-order valence-corrected chi connectivity index (χ4v) is 3.16. The summed E-state index contributed by atoms with van der Waals surface area (Å²) in [5.74, 6) is -1.88. The molecule has 0 amide bonds. The minimum absolute atomic E-state index is 0.0497. The zero-order valence-corrected chi connectivity index (χ0v) is 14.4. The molecule has 2 aromatic carbocycles. The average Bonchev–Trinajstić information content (AvgIpc) is 3.03. The molecule has 0 saturated heterocycles. The van der Waals surface area contributed by atoms with Crippen LogP contribution in [0.3, 0.4) is 0 Å². The average molecular weight is 385 g/mol. The van der Waals surface area contributed by atoms with Crippen LogP contribution in [-0.2, 0) is 13.2 Å². The zero-order valence-electron chi connectivity index (χ0n) is 14.4. The number of aromatic nitrogens is 3. The second-order valence-corrected chi connectivity index (χ2v) is 6.29. The first-order chi connectivity index (χ1) is 13.5. The Labute approximate surface area is 156 Å². The summed E-state index contributed by atoms with van der Waals surface area (Å²) >= 11 is 0. The first kappa shape index (κ1) is 18.0. The molecule has 0 saturated carbocycles. The van der Waals surface area contributed by atoms with Crippen LogP contribution in [0, 0.1) is 17.5 Å². The van der Waals surface area contributed by atoms with Crippen LogP contribution in [0.15, 0.2) is 59.7 Å². The Kier molecular flexibility index (Phi) is 4.48. The normalized spacial score (nSPS) is 11.3. The lowest BCUT2D eigenvalue weighted by molar-refractivity contribution is 0.283. The largest absolute Gasteiger partial charge is 0.392 e. The van der Waals surface area contributed by atoms with Crippen molar-refractivity contribution in [2.75, 3.05) is 0 Å². The number of benzene rings is 2. The summed E-state index contributed by atoms with van der Waals surface area (Å²) in [5, 5.41) is 14.1. The van der Waals surface area contributed by atoms with Crippen molar-refractivity contribution in [1.82, 2.24) is 14.2 Å².